The van der Waals surface area contributed by atoms with Gasteiger partial charge in [0.1, 0.15) is 17.7 Å². The highest BCUT2D eigenvalue weighted by Crippen LogP contribution is 2.44. The fraction of sp³-hybridized carbons (Fsp3) is 0.448. The SMILES string of the molecule is C[C@H](Oc1cncc(-n2nc(C(F)(F)F)c3c2N(C(=O)[C@H]2CC[C@H](C(=O)O)CC2)CCC3)c1)c1ccc2c(c1)OC(F)(F)O2. The number of carboxylic acid groups (broad SMARTS) is 1. The molecule has 3 aliphatic rings. The van der Waals surface area contributed by atoms with Crippen molar-refractivity contribution in [1.29, 1.82) is 0 Å². The van der Waals surface area contributed by atoms with Crippen molar-refractivity contribution in [2.75, 3.05) is 11.4 Å². The Morgan fingerprint density at radius 3 is 2.48 bits per heavy atom. The van der Waals surface area contributed by atoms with Gasteiger partial charge in [0.15, 0.2) is 17.2 Å². The van der Waals surface area contributed by atoms with Crippen molar-refractivity contribution in [2.24, 2.45) is 11.8 Å². The van der Waals surface area contributed by atoms with Crippen LogP contribution in [0.4, 0.5) is 27.8 Å². The molecule has 1 amide bonds. The van der Waals surface area contributed by atoms with Crippen LogP contribution in [0.1, 0.15) is 62.0 Å². The Balaban J connectivity index is 1.30. The predicted octanol–water partition coefficient (Wildman–Crippen LogP) is 5.92. The first-order valence-corrected chi connectivity index (χ1v) is 14.1. The van der Waals surface area contributed by atoms with E-state index in [1.165, 1.54) is 41.6 Å². The maximum Gasteiger partial charge on any atom is 0.586 e. The molecule has 0 radical (unpaired) electrons. The van der Waals surface area contributed by atoms with E-state index in [4.69, 9.17) is 4.74 Å². The quantitative estimate of drug-likeness (QED) is 0.337. The number of aliphatic carboxylic acids is 1. The van der Waals surface area contributed by atoms with Gasteiger partial charge in [0.05, 0.1) is 24.0 Å². The molecule has 4 heterocycles. The van der Waals surface area contributed by atoms with Crippen LogP contribution in [-0.4, -0.2) is 44.6 Å². The molecule has 6 rings (SSSR count). The molecule has 0 unspecified atom stereocenters. The molecular formula is C29H27F5N4O6. The van der Waals surface area contributed by atoms with Gasteiger partial charge in [0.25, 0.3) is 0 Å². The lowest BCUT2D eigenvalue weighted by Crippen LogP contribution is -2.42. The number of anilines is 1. The zero-order valence-electron chi connectivity index (χ0n) is 23.3. The molecule has 15 heteroatoms. The summed E-state index contributed by atoms with van der Waals surface area (Å²) in [6.45, 7) is 1.82. The summed E-state index contributed by atoms with van der Waals surface area (Å²) in [5.74, 6) is -2.52. The number of aromatic nitrogens is 3. The van der Waals surface area contributed by atoms with E-state index in [2.05, 4.69) is 19.6 Å². The van der Waals surface area contributed by atoms with Crippen molar-refractivity contribution in [3.8, 4) is 22.9 Å². The lowest BCUT2D eigenvalue weighted by atomic mass is 9.81. The number of alkyl halides is 5. The van der Waals surface area contributed by atoms with E-state index < -0.39 is 42.1 Å². The van der Waals surface area contributed by atoms with Gasteiger partial charge in [-0.05, 0) is 63.1 Å². The summed E-state index contributed by atoms with van der Waals surface area (Å²) in [5.41, 5.74) is -0.633. The summed E-state index contributed by atoms with van der Waals surface area (Å²) >= 11 is 0. The molecule has 0 bridgehead atoms. The highest BCUT2D eigenvalue weighted by atomic mass is 19.4. The van der Waals surface area contributed by atoms with Crippen molar-refractivity contribution >= 4 is 17.7 Å². The first-order chi connectivity index (χ1) is 20.8. The highest BCUT2D eigenvalue weighted by Gasteiger charge is 2.45. The standard InChI is InChI=1S/C29H27F5N4O6/c1-15(18-8-9-22-23(11-18)44-29(33,34)43-22)42-20-12-19(13-35-14-20)38-25-21(24(36-38)28(30,31)32)3-2-10-37(25)26(39)16-4-6-17(7-5-16)27(40)41/h8-9,11-17H,2-7,10H2,1H3,(H,40,41)/t15-,16-,17-/m0/s1. The predicted molar refractivity (Wildman–Crippen MR) is 142 cm³/mol. The van der Waals surface area contributed by atoms with E-state index in [0.717, 1.165) is 4.68 Å². The molecule has 1 aromatic carbocycles. The number of fused-ring (bicyclic) bond motifs is 2. The summed E-state index contributed by atoms with van der Waals surface area (Å²) in [6, 6.07) is 5.59. The molecule has 0 spiro atoms. The molecule has 10 nitrogen and oxygen atoms in total. The minimum atomic E-state index is -4.78. The molecule has 1 N–H and O–H groups in total. The van der Waals surface area contributed by atoms with Crippen molar-refractivity contribution in [1.82, 2.24) is 14.8 Å². The molecule has 3 aromatic rings. The van der Waals surface area contributed by atoms with Gasteiger partial charge < -0.3 is 19.3 Å². The van der Waals surface area contributed by atoms with Gasteiger partial charge in [-0.25, -0.2) is 4.68 Å². The number of nitrogens with zero attached hydrogens (tertiary/aromatic N) is 4. The Labute approximate surface area is 247 Å². The second-order valence-corrected chi connectivity index (χ2v) is 11.1. The van der Waals surface area contributed by atoms with Crippen LogP contribution in [0, 0.1) is 11.8 Å². The van der Waals surface area contributed by atoms with Gasteiger partial charge in [0, 0.05) is 24.1 Å². The molecular weight excluding hydrogens is 595 g/mol. The zero-order chi connectivity index (χ0) is 31.4. The molecule has 0 saturated heterocycles. The average molecular weight is 623 g/mol. The second kappa shape index (κ2) is 10.9. The topological polar surface area (TPSA) is 116 Å². The van der Waals surface area contributed by atoms with Gasteiger partial charge in [-0.15, -0.1) is 8.78 Å². The van der Waals surface area contributed by atoms with Crippen molar-refractivity contribution in [3.05, 3.63) is 53.5 Å². The number of pyridine rings is 1. The third-order valence-electron chi connectivity index (χ3n) is 8.13. The molecule has 1 aliphatic carbocycles. The first-order valence-electron chi connectivity index (χ1n) is 14.1. The van der Waals surface area contributed by atoms with E-state index in [-0.39, 0.29) is 53.2 Å². The lowest BCUT2D eigenvalue weighted by Gasteiger charge is -2.34. The summed E-state index contributed by atoms with van der Waals surface area (Å²) in [4.78, 5) is 30.5. The average Bonchev–Trinajstić information content (AvgIpc) is 3.53. The molecule has 2 aliphatic heterocycles. The van der Waals surface area contributed by atoms with Gasteiger partial charge in [-0.1, -0.05) is 6.07 Å². The summed E-state index contributed by atoms with van der Waals surface area (Å²) in [7, 11) is 0. The monoisotopic (exact) mass is 622 g/mol. The van der Waals surface area contributed by atoms with Crippen LogP contribution >= 0.6 is 0 Å². The van der Waals surface area contributed by atoms with E-state index in [9.17, 15) is 36.6 Å². The molecule has 1 saturated carbocycles. The second-order valence-electron chi connectivity index (χ2n) is 11.1. The van der Waals surface area contributed by atoms with E-state index in [0.29, 0.717) is 37.7 Å². The number of carboxylic acids is 1. The molecule has 234 valence electrons. The number of rotatable bonds is 6. The maximum atomic E-state index is 14.1. The lowest BCUT2D eigenvalue weighted by molar-refractivity contribution is -0.286. The van der Waals surface area contributed by atoms with Crippen molar-refractivity contribution in [2.45, 2.75) is 64.0 Å². The third kappa shape index (κ3) is 5.62. The van der Waals surface area contributed by atoms with Gasteiger partial charge >= 0.3 is 18.4 Å². The van der Waals surface area contributed by atoms with Crippen molar-refractivity contribution in [3.63, 3.8) is 0 Å². The molecule has 1 atom stereocenters. The van der Waals surface area contributed by atoms with E-state index >= 15 is 0 Å². The molecule has 1 fully saturated rings. The van der Waals surface area contributed by atoms with Crippen LogP contribution in [-0.2, 0) is 22.2 Å². The number of carbonyl (C=O) groups excluding carboxylic acids is 1. The Morgan fingerprint density at radius 1 is 1.07 bits per heavy atom. The van der Waals surface area contributed by atoms with Crippen molar-refractivity contribution < 1.29 is 50.9 Å². The van der Waals surface area contributed by atoms with Crippen LogP contribution in [0.25, 0.3) is 5.69 Å². The summed E-state index contributed by atoms with van der Waals surface area (Å²) in [5, 5.41) is 13.2. The normalized spacial score (nSPS) is 21.5. The Hall–Kier alpha value is -4.43. The Kier molecular flexibility index (Phi) is 7.36. The number of carbonyl (C=O) groups is 2. The maximum absolute atomic E-state index is 14.1. The fourth-order valence-electron chi connectivity index (χ4n) is 5.98. The van der Waals surface area contributed by atoms with E-state index in [1.807, 2.05) is 0 Å². The third-order valence-corrected chi connectivity index (χ3v) is 8.13. The molecule has 44 heavy (non-hydrogen) atoms. The minimum absolute atomic E-state index is 0.00219. The number of hydrogen-bond donors (Lipinski definition) is 1. The smallest absolute Gasteiger partial charge is 0.484 e. The van der Waals surface area contributed by atoms with Gasteiger partial charge in [-0.3, -0.25) is 19.5 Å². The van der Waals surface area contributed by atoms with Crippen LogP contribution in [0.5, 0.6) is 17.2 Å². The zero-order valence-corrected chi connectivity index (χ0v) is 23.3. The number of halogens is 5. The Bertz CT molecular complexity index is 1600. The summed E-state index contributed by atoms with van der Waals surface area (Å²) < 4.78 is 85.2. The fourth-order valence-corrected chi connectivity index (χ4v) is 5.98. The highest BCUT2D eigenvalue weighted by molar-refractivity contribution is 5.96. The van der Waals surface area contributed by atoms with Crippen LogP contribution < -0.4 is 19.1 Å². The largest absolute Gasteiger partial charge is 0.586 e. The van der Waals surface area contributed by atoms with Crippen LogP contribution in [0.2, 0.25) is 0 Å². The summed E-state index contributed by atoms with van der Waals surface area (Å²) in [6.07, 6.45) is -5.02. The number of benzene rings is 1. The molecule has 2 aromatic heterocycles. The van der Waals surface area contributed by atoms with E-state index in [1.54, 1.807) is 6.92 Å². The van der Waals surface area contributed by atoms with Gasteiger partial charge in [0.2, 0.25) is 5.91 Å². The van der Waals surface area contributed by atoms with Crippen LogP contribution in [0.15, 0.2) is 36.7 Å². The number of amides is 1. The number of ether oxygens (including phenoxy) is 3. The minimum Gasteiger partial charge on any atom is -0.484 e. The Morgan fingerprint density at radius 2 is 1.77 bits per heavy atom. The first kappa shape index (κ1) is 29.6. The van der Waals surface area contributed by atoms with Gasteiger partial charge in [-0.2, -0.15) is 18.3 Å². The van der Waals surface area contributed by atoms with Crippen LogP contribution in [0.3, 0.4) is 0 Å². The number of hydrogen-bond acceptors (Lipinski definition) is 7.